The Labute approximate surface area is 160 Å². The predicted octanol–water partition coefficient (Wildman–Crippen LogP) is 1.20. The van der Waals surface area contributed by atoms with Gasteiger partial charge in [0.1, 0.15) is 0 Å². The van der Waals surface area contributed by atoms with Crippen molar-refractivity contribution < 1.29 is 9.59 Å². The molecule has 0 atom stereocenters. The summed E-state index contributed by atoms with van der Waals surface area (Å²) in [5, 5.41) is 3.60. The lowest BCUT2D eigenvalue weighted by molar-refractivity contribution is -0.132. The molecule has 2 aliphatic heterocycles. The molecule has 142 valence electrons. The van der Waals surface area contributed by atoms with Crippen LogP contribution >= 0.6 is 11.6 Å². The molecule has 0 spiro atoms. The summed E-state index contributed by atoms with van der Waals surface area (Å²) >= 11 is 6.11. The first-order valence-corrected chi connectivity index (χ1v) is 9.72. The summed E-state index contributed by atoms with van der Waals surface area (Å²) in [5.74, 6) is 0.250. The van der Waals surface area contributed by atoms with Gasteiger partial charge in [-0.3, -0.25) is 19.4 Å². The SMILES string of the molecule is O=C(CN1CCN(CC(=O)N2CCCC2)CC1)NCc1ccccc1Cl. The standard InChI is InChI=1S/C19H27ClN4O2/c20-17-6-2-1-5-16(17)13-21-18(25)14-22-9-11-23(12-10-22)15-19(26)24-7-3-4-8-24/h1-2,5-6H,3-4,7-15H2,(H,21,25). The number of hydrogen-bond donors (Lipinski definition) is 1. The number of nitrogens with zero attached hydrogens (tertiary/aromatic N) is 3. The van der Waals surface area contributed by atoms with Gasteiger partial charge in [0.15, 0.2) is 0 Å². The van der Waals surface area contributed by atoms with Crippen LogP contribution in [0.2, 0.25) is 5.02 Å². The number of likely N-dealkylation sites (tertiary alicyclic amines) is 1. The molecule has 0 aromatic heterocycles. The van der Waals surface area contributed by atoms with Crippen LogP contribution in [-0.4, -0.2) is 78.9 Å². The summed E-state index contributed by atoms with van der Waals surface area (Å²) in [6.07, 6.45) is 2.26. The van der Waals surface area contributed by atoms with Crippen LogP contribution in [0.3, 0.4) is 0 Å². The zero-order chi connectivity index (χ0) is 18.4. The predicted molar refractivity (Wildman–Crippen MR) is 102 cm³/mol. The van der Waals surface area contributed by atoms with Crippen LogP contribution in [0.1, 0.15) is 18.4 Å². The van der Waals surface area contributed by atoms with E-state index in [2.05, 4.69) is 15.1 Å². The first-order chi connectivity index (χ1) is 12.6. The minimum absolute atomic E-state index is 0.00603. The van der Waals surface area contributed by atoms with E-state index in [0.717, 1.165) is 57.7 Å². The molecule has 0 bridgehead atoms. The first kappa shape index (κ1) is 19.1. The van der Waals surface area contributed by atoms with Gasteiger partial charge in [-0.05, 0) is 24.5 Å². The lowest BCUT2D eigenvalue weighted by atomic mass is 10.2. The fourth-order valence-electron chi connectivity index (χ4n) is 3.46. The van der Waals surface area contributed by atoms with E-state index in [-0.39, 0.29) is 11.8 Å². The zero-order valence-corrected chi connectivity index (χ0v) is 15.9. The van der Waals surface area contributed by atoms with Crippen molar-refractivity contribution in [1.82, 2.24) is 20.0 Å². The van der Waals surface area contributed by atoms with E-state index in [9.17, 15) is 9.59 Å². The number of piperazine rings is 1. The van der Waals surface area contributed by atoms with Gasteiger partial charge in [0, 0.05) is 50.8 Å². The smallest absolute Gasteiger partial charge is 0.236 e. The van der Waals surface area contributed by atoms with E-state index in [1.54, 1.807) is 0 Å². The Kier molecular flexibility index (Phi) is 6.88. The summed E-state index contributed by atoms with van der Waals surface area (Å²) in [5.41, 5.74) is 0.924. The van der Waals surface area contributed by atoms with E-state index in [1.807, 2.05) is 29.2 Å². The molecule has 0 unspecified atom stereocenters. The lowest BCUT2D eigenvalue weighted by Crippen LogP contribution is -2.51. The molecule has 2 amide bonds. The second kappa shape index (κ2) is 9.35. The monoisotopic (exact) mass is 378 g/mol. The number of nitrogens with one attached hydrogen (secondary N) is 1. The Hall–Kier alpha value is -1.63. The van der Waals surface area contributed by atoms with Crippen molar-refractivity contribution in [3.8, 4) is 0 Å². The van der Waals surface area contributed by atoms with Crippen molar-refractivity contribution in [3.63, 3.8) is 0 Å². The Morgan fingerprint density at radius 1 is 0.923 bits per heavy atom. The fraction of sp³-hybridized carbons (Fsp3) is 0.579. The minimum Gasteiger partial charge on any atom is -0.351 e. The van der Waals surface area contributed by atoms with Gasteiger partial charge < -0.3 is 10.2 Å². The highest BCUT2D eigenvalue weighted by Gasteiger charge is 2.24. The maximum atomic E-state index is 12.2. The first-order valence-electron chi connectivity index (χ1n) is 9.34. The largest absolute Gasteiger partial charge is 0.351 e. The highest BCUT2D eigenvalue weighted by molar-refractivity contribution is 6.31. The molecule has 2 saturated heterocycles. The lowest BCUT2D eigenvalue weighted by Gasteiger charge is -2.34. The Morgan fingerprint density at radius 2 is 1.54 bits per heavy atom. The van der Waals surface area contributed by atoms with Crippen molar-refractivity contribution in [2.45, 2.75) is 19.4 Å². The molecule has 2 fully saturated rings. The minimum atomic E-state index is 0.00603. The zero-order valence-electron chi connectivity index (χ0n) is 15.1. The number of halogens is 1. The maximum Gasteiger partial charge on any atom is 0.236 e. The van der Waals surface area contributed by atoms with Crippen LogP contribution in [0.4, 0.5) is 0 Å². The van der Waals surface area contributed by atoms with Gasteiger partial charge in [-0.2, -0.15) is 0 Å². The molecule has 7 heteroatoms. The molecule has 6 nitrogen and oxygen atoms in total. The van der Waals surface area contributed by atoms with E-state index in [4.69, 9.17) is 11.6 Å². The third-order valence-electron chi connectivity index (χ3n) is 5.08. The molecule has 1 aromatic carbocycles. The van der Waals surface area contributed by atoms with Crippen LogP contribution in [0.25, 0.3) is 0 Å². The normalized spacial score (nSPS) is 18.9. The molecule has 0 aliphatic carbocycles. The van der Waals surface area contributed by atoms with E-state index < -0.39 is 0 Å². The molecular formula is C19H27ClN4O2. The molecular weight excluding hydrogens is 352 g/mol. The van der Waals surface area contributed by atoms with Gasteiger partial charge in [-0.15, -0.1) is 0 Å². The quantitative estimate of drug-likeness (QED) is 0.808. The fourth-order valence-corrected chi connectivity index (χ4v) is 3.66. The molecule has 26 heavy (non-hydrogen) atoms. The summed E-state index contributed by atoms with van der Waals surface area (Å²) in [6.45, 7) is 6.44. The number of rotatable bonds is 6. The Bertz CT molecular complexity index is 626. The molecule has 1 N–H and O–H groups in total. The van der Waals surface area contributed by atoms with Crippen LogP contribution in [0.5, 0.6) is 0 Å². The van der Waals surface area contributed by atoms with Crippen molar-refractivity contribution in [1.29, 1.82) is 0 Å². The second-order valence-electron chi connectivity index (χ2n) is 7.01. The third-order valence-corrected chi connectivity index (χ3v) is 5.45. The summed E-state index contributed by atoms with van der Waals surface area (Å²) < 4.78 is 0. The number of carbonyl (C=O) groups excluding carboxylic acids is 2. The van der Waals surface area contributed by atoms with Gasteiger partial charge >= 0.3 is 0 Å². The topological polar surface area (TPSA) is 55.9 Å². The highest BCUT2D eigenvalue weighted by atomic mass is 35.5. The van der Waals surface area contributed by atoms with Gasteiger partial charge in [0.25, 0.3) is 0 Å². The van der Waals surface area contributed by atoms with E-state index in [0.29, 0.717) is 24.7 Å². The highest BCUT2D eigenvalue weighted by Crippen LogP contribution is 2.14. The Balaban J connectivity index is 1.35. The third kappa shape index (κ3) is 5.43. The van der Waals surface area contributed by atoms with Crippen molar-refractivity contribution >= 4 is 23.4 Å². The van der Waals surface area contributed by atoms with Crippen LogP contribution < -0.4 is 5.32 Å². The average molecular weight is 379 g/mol. The Morgan fingerprint density at radius 3 is 2.19 bits per heavy atom. The van der Waals surface area contributed by atoms with Gasteiger partial charge in [-0.1, -0.05) is 29.8 Å². The number of benzene rings is 1. The molecule has 0 saturated carbocycles. The molecule has 1 aromatic rings. The average Bonchev–Trinajstić information content (AvgIpc) is 3.17. The molecule has 2 heterocycles. The van der Waals surface area contributed by atoms with Crippen LogP contribution in [0, 0.1) is 0 Å². The molecule has 0 radical (unpaired) electrons. The number of carbonyl (C=O) groups is 2. The van der Waals surface area contributed by atoms with Crippen LogP contribution in [0.15, 0.2) is 24.3 Å². The van der Waals surface area contributed by atoms with Gasteiger partial charge in [-0.25, -0.2) is 0 Å². The van der Waals surface area contributed by atoms with Crippen molar-refractivity contribution in [2.75, 3.05) is 52.4 Å². The van der Waals surface area contributed by atoms with Crippen LogP contribution in [-0.2, 0) is 16.1 Å². The van der Waals surface area contributed by atoms with Gasteiger partial charge in [0.2, 0.25) is 11.8 Å². The molecule has 3 rings (SSSR count). The molecule has 2 aliphatic rings. The van der Waals surface area contributed by atoms with E-state index >= 15 is 0 Å². The summed E-state index contributed by atoms with van der Waals surface area (Å²) in [6, 6.07) is 7.53. The van der Waals surface area contributed by atoms with E-state index in [1.165, 1.54) is 0 Å². The van der Waals surface area contributed by atoms with Gasteiger partial charge in [0.05, 0.1) is 13.1 Å². The number of amides is 2. The summed E-state index contributed by atoms with van der Waals surface area (Å²) in [4.78, 5) is 30.7. The second-order valence-corrected chi connectivity index (χ2v) is 7.42. The number of hydrogen-bond acceptors (Lipinski definition) is 4. The maximum absolute atomic E-state index is 12.2. The van der Waals surface area contributed by atoms with Crippen molar-refractivity contribution in [3.05, 3.63) is 34.9 Å². The van der Waals surface area contributed by atoms with Crippen molar-refractivity contribution in [2.24, 2.45) is 0 Å². The summed E-state index contributed by atoms with van der Waals surface area (Å²) in [7, 11) is 0.